The Morgan fingerprint density at radius 2 is 2.12 bits per heavy atom. The smallest absolute Gasteiger partial charge is 0.0837 e. The number of ether oxygens (including phenoxy) is 1. The third kappa shape index (κ3) is 3.48. The monoisotopic (exact) mass is 239 g/mol. The molecule has 1 aliphatic heterocycles. The molecule has 2 rings (SSSR count). The molecular formula is C13H18ClNO. The summed E-state index contributed by atoms with van der Waals surface area (Å²) in [6.45, 7) is 3.88. The van der Waals surface area contributed by atoms with Crippen LogP contribution in [-0.2, 0) is 11.3 Å². The van der Waals surface area contributed by atoms with E-state index in [4.69, 9.17) is 16.3 Å². The summed E-state index contributed by atoms with van der Waals surface area (Å²) in [6, 6.07) is 10.6. The third-order valence-corrected chi connectivity index (χ3v) is 3.20. The first kappa shape index (κ1) is 11.9. The molecule has 0 N–H and O–H groups in total. The summed E-state index contributed by atoms with van der Waals surface area (Å²) in [5.41, 5.74) is 1.36. The lowest BCUT2D eigenvalue weighted by Crippen LogP contribution is -2.32. The molecule has 16 heavy (non-hydrogen) atoms. The molecule has 0 aromatic heterocycles. The lowest BCUT2D eigenvalue weighted by atomic mass is 10.2. The predicted molar refractivity (Wildman–Crippen MR) is 66.8 cm³/mol. The van der Waals surface area contributed by atoms with E-state index in [-0.39, 0.29) is 6.10 Å². The van der Waals surface area contributed by atoms with E-state index in [0.717, 1.165) is 32.7 Å². The van der Waals surface area contributed by atoms with Crippen molar-refractivity contribution < 1.29 is 4.74 Å². The molecule has 1 aromatic carbocycles. The van der Waals surface area contributed by atoms with E-state index in [1.807, 2.05) is 0 Å². The average Bonchev–Trinajstić information content (AvgIpc) is 2.55. The van der Waals surface area contributed by atoms with Gasteiger partial charge in [-0.3, -0.25) is 4.90 Å². The second kappa shape index (κ2) is 6.24. The molecule has 1 saturated heterocycles. The normalized spacial score (nSPS) is 22.9. The zero-order valence-corrected chi connectivity index (χ0v) is 10.2. The Balaban J connectivity index is 1.93. The highest BCUT2D eigenvalue weighted by Gasteiger charge is 2.17. The molecule has 0 radical (unpaired) electrons. The summed E-state index contributed by atoms with van der Waals surface area (Å²) in [6.07, 6.45) is 1.29. The SMILES string of the molecule is ClC[C@H]1CN(Cc2ccccc2)CCCO1. The Labute approximate surface area is 102 Å². The molecule has 1 fully saturated rings. The van der Waals surface area contributed by atoms with Gasteiger partial charge < -0.3 is 4.74 Å². The van der Waals surface area contributed by atoms with Crippen molar-refractivity contribution in [1.29, 1.82) is 0 Å². The van der Waals surface area contributed by atoms with Crippen molar-refractivity contribution in [1.82, 2.24) is 4.90 Å². The van der Waals surface area contributed by atoms with E-state index in [1.165, 1.54) is 5.56 Å². The van der Waals surface area contributed by atoms with Crippen molar-refractivity contribution in [3.05, 3.63) is 35.9 Å². The molecule has 0 aliphatic carbocycles. The van der Waals surface area contributed by atoms with E-state index in [0.29, 0.717) is 5.88 Å². The highest BCUT2D eigenvalue weighted by molar-refractivity contribution is 6.18. The van der Waals surface area contributed by atoms with Crippen LogP contribution < -0.4 is 0 Å². The maximum Gasteiger partial charge on any atom is 0.0837 e. The van der Waals surface area contributed by atoms with Crippen LogP contribution in [0.3, 0.4) is 0 Å². The molecule has 0 unspecified atom stereocenters. The van der Waals surface area contributed by atoms with Gasteiger partial charge in [0.05, 0.1) is 6.10 Å². The highest BCUT2D eigenvalue weighted by atomic mass is 35.5. The quantitative estimate of drug-likeness (QED) is 0.752. The molecule has 0 spiro atoms. The largest absolute Gasteiger partial charge is 0.376 e. The summed E-state index contributed by atoms with van der Waals surface area (Å²) in [5.74, 6) is 0.589. The van der Waals surface area contributed by atoms with E-state index in [1.54, 1.807) is 0 Å². The van der Waals surface area contributed by atoms with Gasteiger partial charge in [0.1, 0.15) is 0 Å². The maximum absolute atomic E-state index is 5.87. The lowest BCUT2D eigenvalue weighted by molar-refractivity contribution is 0.0691. The van der Waals surface area contributed by atoms with Crippen LogP contribution in [0.4, 0.5) is 0 Å². The van der Waals surface area contributed by atoms with Crippen LogP contribution in [0.1, 0.15) is 12.0 Å². The van der Waals surface area contributed by atoms with E-state index >= 15 is 0 Å². The van der Waals surface area contributed by atoms with Gasteiger partial charge in [-0.15, -0.1) is 11.6 Å². The van der Waals surface area contributed by atoms with Gasteiger partial charge in [-0.1, -0.05) is 30.3 Å². The van der Waals surface area contributed by atoms with Crippen LogP contribution in [0, 0.1) is 0 Å². The molecule has 1 aliphatic rings. The molecule has 2 nitrogen and oxygen atoms in total. The maximum atomic E-state index is 5.87. The van der Waals surface area contributed by atoms with E-state index < -0.39 is 0 Å². The number of alkyl halides is 1. The van der Waals surface area contributed by atoms with Crippen LogP contribution in [0.5, 0.6) is 0 Å². The number of benzene rings is 1. The van der Waals surface area contributed by atoms with Crippen molar-refractivity contribution in [2.45, 2.75) is 19.1 Å². The van der Waals surface area contributed by atoms with Gasteiger partial charge in [0.2, 0.25) is 0 Å². The number of hydrogen-bond acceptors (Lipinski definition) is 2. The first-order valence-electron chi connectivity index (χ1n) is 5.82. The van der Waals surface area contributed by atoms with Crippen LogP contribution >= 0.6 is 11.6 Å². The third-order valence-electron chi connectivity index (χ3n) is 2.86. The standard InChI is InChI=1S/C13H18ClNO/c14-9-13-11-15(7-4-8-16-13)10-12-5-2-1-3-6-12/h1-3,5-6,13H,4,7-11H2/t13-/m0/s1. The van der Waals surface area contributed by atoms with Crippen molar-refractivity contribution in [2.75, 3.05) is 25.6 Å². The zero-order chi connectivity index (χ0) is 11.2. The minimum atomic E-state index is 0.188. The number of nitrogens with zero attached hydrogens (tertiary/aromatic N) is 1. The van der Waals surface area contributed by atoms with Crippen LogP contribution in [0.2, 0.25) is 0 Å². The minimum Gasteiger partial charge on any atom is -0.376 e. The molecule has 0 saturated carbocycles. The Morgan fingerprint density at radius 3 is 2.88 bits per heavy atom. The first-order chi connectivity index (χ1) is 7.88. The molecule has 0 amide bonds. The molecule has 1 heterocycles. The molecule has 88 valence electrons. The van der Waals surface area contributed by atoms with Gasteiger partial charge in [-0.25, -0.2) is 0 Å². The van der Waals surface area contributed by atoms with Crippen LogP contribution in [-0.4, -0.2) is 36.6 Å². The van der Waals surface area contributed by atoms with Crippen LogP contribution in [0.25, 0.3) is 0 Å². The summed E-state index contributed by atoms with van der Waals surface area (Å²) in [7, 11) is 0. The summed E-state index contributed by atoms with van der Waals surface area (Å²) in [4.78, 5) is 2.43. The number of halogens is 1. The van der Waals surface area contributed by atoms with Gasteiger partial charge >= 0.3 is 0 Å². The Bertz CT molecular complexity index is 304. The summed E-state index contributed by atoms with van der Waals surface area (Å²) in [5, 5.41) is 0. The Hall–Kier alpha value is -0.570. The van der Waals surface area contributed by atoms with Crippen molar-refractivity contribution in [3.8, 4) is 0 Å². The molecule has 1 aromatic rings. The highest BCUT2D eigenvalue weighted by Crippen LogP contribution is 2.11. The molecular weight excluding hydrogens is 222 g/mol. The van der Waals surface area contributed by atoms with E-state index in [9.17, 15) is 0 Å². The van der Waals surface area contributed by atoms with E-state index in [2.05, 4.69) is 35.2 Å². The van der Waals surface area contributed by atoms with Gasteiger partial charge in [-0.2, -0.15) is 0 Å². The lowest BCUT2D eigenvalue weighted by Gasteiger charge is -2.22. The van der Waals surface area contributed by atoms with Gasteiger partial charge in [0.25, 0.3) is 0 Å². The van der Waals surface area contributed by atoms with Gasteiger partial charge in [0, 0.05) is 32.1 Å². The topological polar surface area (TPSA) is 12.5 Å². The number of rotatable bonds is 3. The van der Waals surface area contributed by atoms with Crippen molar-refractivity contribution in [2.24, 2.45) is 0 Å². The minimum absolute atomic E-state index is 0.188. The van der Waals surface area contributed by atoms with Gasteiger partial charge in [-0.05, 0) is 12.0 Å². The van der Waals surface area contributed by atoms with Crippen molar-refractivity contribution in [3.63, 3.8) is 0 Å². The average molecular weight is 240 g/mol. The molecule has 0 bridgehead atoms. The van der Waals surface area contributed by atoms with Gasteiger partial charge in [0.15, 0.2) is 0 Å². The number of hydrogen-bond donors (Lipinski definition) is 0. The van der Waals surface area contributed by atoms with Crippen molar-refractivity contribution >= 4 is 11.6 Å². The Morgan fingerprint density at radius 1 is 1.31 bits per heavy atom. The fraction of sp³-hybridized carbons (Fsp3) is 0.538. The van der Waals surface area contributed by atoms with Crippen LogP contribution in [0.15, 0.2) is 30.3 Å². The first-order valence-corrected chi connectivity index (χ1v) is 6.36. The molecule has 1 atom stereocenters. The molecule has 3 heteroatoms. The Kier molecular flexibility index (Phi) is 4.64. The summed E-state index contributed by atoms with van der Waals surface area (Å²) < 4.78 is 5.65. The summed E-state index contributed by atoms with van der Waals surface area (Å²) >= 11 is 5.87. The zero-order valence-electron chi connectivity index (χ0n) is 9.44. The fourth-order valence-electron chi connectivity index (χ4n) is 2.05. The fourth-order valence-corrected chi connectivity index (χ4v) is 2.24. The predicted octanol–water partition coefficient (Wildman–Crippen LogP) is 2.52. The second-order valence-electron chi connectivity index (χ2n) is 4.22. The second-order valence-corrected chi connectivity index (χ2v) is 4.53.